The van der Waals surface area contributed by atoms with E-state index in [-0.39, 0.29) is 11.5 Å². The molecule has 0 spiro atoms. The number of rotatable bonds is 12. The molecule has 30 heterocycles. The molecule has 93 heavy (non-hydrogen) atoms. The van der Waals surface area contributed by atoms with Gasteiger partial charge in [-0.05, 0) is 0 Å². The Bertz CT molecular complexity index is 2300. The van der Waals surface area contributed by atoms with E-state index in [0.29, 0.717) is 0 Å². The largest absolute Gasteiger partial charge is 0.481 e. The van der Waals surface area contributed by atoms with E-state index >= 15 is 0 Å². The number of carboxylic acids is 1. The first-order valence-corrected chi connectivity index (χ1v) is 30.8. The number of aliphatic carboxylic acids is 1. The van der Waals surface area contributed by atoms with E-state index in [2.05, 4.69) is 0 Å². The summed E-state index contributed by atoms with van der Waals surface area (Å²) in [5.74, 6) is -1.64. The number of hydrogen-bond donors (Lipinski definition) is 24. The summed E-state index contributed by atoms with van der Waals surface area (Å²) in [6.45, 7) is -7.62. The van der Waals surface area contributed by atoms with Gasteiger partial charge in [0.2, 0.25) is 0 Å². The van der Waals surface area contributed by atoms with Crippen molar-refractivity contribution in [3.63, 3.8) is 0 Å². The molecule has 30 aliphatic rings. The summed E-state index contributed by atoms with van der Waals surface area (Å²) in [5.41, 5.74) is 0. The number of carboxylic acid groups (broad SMARTS) is 1. The zero-order valence-corrected chi connectivity index (χ0v) is 49.6. The molecule has 30 aliphatic heterocycles. The Balaban J connectivity index is 0.991. The minimum Gasteiger partial charge on any atom is -0.481 e. The predicted octanol–water partition coefficient (Wildman–Crippen LogP) is -16.2. The van der Waals surface area contributed by atoms with Crippen molar-refractivity contribution in [2.45, 2.75) is 252 Å². The van der Waals surface area contributed by atoms with Crippen LogP contribution in [0.1, 0.15) is 6.42 Å². The van der Waals surface area contributed by atoms with E-state index in [1.807, 2.05) is 0 Å². The molecule has 0 unspecified atom stereocenters. The lowest BCUT2D eigenvalue weighted by Gasteiger charge is -2.50. The molecule has 24 N–H and O–H groups in total. The molecule has 0 aromatic carbocycles. The van der Waals surface area contributed by atoms with Crippen molar-refractivity contribution in [1.29, 1.82) is 0 Å². The maximum absolute atomic E-state index is 11.7. The second-order valence-corrected chi connectivity index (χ2v) is 24.6. The molecule has 42 heteroatoms. The lowest BCUT2D eigenvalue weighted by molar-refractivity contribution is -0.403. The normalized spacial score (nSPS) is 53.0. The highest BCUT2D eigenvalue weighted by atomic mass is 32.2. The van der Waals surface area contributed by atoms with Crippen LogP contribution < -0.4 is 0 Å². The molecule has 0 aliphatic carbocycles. The second kappa shape index (κ2) is 32.7. The van der Waals surface area contributed by atoms with E-state index in [1.54, 1.807) is 0 Å². The molecule has 30 fully saturated rings. The zero-order valence-electron chi connectivity index (χ0n) is 48.7. The van der Waals surface area contributed by atoms with E-state index in [4.69, 9.17) is 75.8 Å². The van der Waals surface area contributed by atoms with Crippen LogP contribution in [-0.4, -0.2) is 432 Å². The average Bonchev–Trinajstić information content (AvgIpc) is 0.800. The fraction of sp³-hybridized carbons (Fsp3) is 0.980. The Morgan fingerprint density at radius 2 is 0.387 bits per heavy atom. The van der Waals surface area contributed by atoms with Crippen LogP contribution in [0.4, 0.5) is 0 Å². The maximum atomic E-state index is 11.7. The molecule has 0 aromatic rings. The van der Waals surface area contributed by atoms with Gasteiger partial charge in [-0.25, -0.2) is 0 Å². The number of aliphatic hydroxyl groups is 23. The molecule has 540 valence electrons. The Hall–Kier alpha value is -1.74. The molecule has 0 saturated carbocycles. The van der Waals surface area contributed by atoms with Crippen LogP contribution in [0.25, 0.3) is 0 Å². The van der Waals surface area contributed by atoms with Crippen molar-refractivity contribution in [3.05, 3.63) is 0 Å². The highest BCUT2D eigenvalue weighted by molar-refractivity contribution is 7.99. The monoisotopic (exact) mass is 1380 g/mol. The SMILES string of the molecule is O=C(O)CCSC[C@H]1O[C@@H]2O[C@H]3[C@H](O)[C@@H](O)[C@@H](O[C@H]4[C@H](O)[C@@H](O)[C@@H](O[C@H]5[C@H](O)[C@@H](O)[C@@H](O[C@H]6[C@H](O)[C@H](O)[C@@H](O[C@H]7[C@H](O)[C@@H](O)[C@@H](O[C@H]8[C@H](O)[C@@H](O)[C@@H](O[C@H]9[C@H](O)[C@@H](O)[C@@H](O[C@H]1[C@H](O)[C@H]2O)O[C@@H]9CO)O[C@@H]8CO)O[C@@H]7CO)O[C@@H]6CO)O[C@@H]5CO)O[C@@H]4CO)O[C@@H]3CO. The molecule has 30 saturated heterocycles. The van der Waals surface area contributed by atoms with Crippen molar-refractivity contribution >= 4 is 17.7 Å². The second-order valence-electron chi connectivity index (χ2n) is 23.5. The van der Waals surface area contributed by atoms with Gasteiger partial charge < -0.3 is 198 Å². The van der Waals surface area contributed by atoms with Crippen LogP contribution in [0, 0.1) is 0 Å². The van der Waals surface area contributed by atoms with Gasteiger partial charge in [-0.1, -0.05) is 0 Å². The van der Waals surface area contributed by atoms with E-state index in [9.17, 15) is 127 Å². The topological polar surface area (TPSA) is 650 Å². The van der Waals surface area contributed by atoms with Crippen LogP contribution in [0.3, 0.4) is 0 Å². The number of aliphatic hydroxyl groups excluding tert-OH is 23. The molecular formula is C51H84O41S. The van der Waals surface area contributed by atoms with Crippen molar-refractivity contribution < 1.29 is 203 Å². The summed E-state index contributed by atoms with van der Waals surface area (Å²) in [6.07, 6.45) is -82.4. The predicted molar refractivity (Wildman–Crippen MR) is 284 cm³/mol. The fourth-order valence-electron chi connectivity index (χ4n) is 12.2. The van der Waals surface area contributed by atoms with Gasteiger partial charge >= 0.3 is 5.97 Å². The van der Waals surface area contributed by atoms with Crippen molar-refractivity contribution in [1.82, 2.24) is 0 Å². The van der Waals surface area contributed by atoms with Crippen LogP contribution in [0.15, 0.2) is 0 Å². The summed E-state index contributed by atoms with van der Waals surface area (Å²) < 4.78 is 92.2. The third kappa shape index (κ3) is 15.8. The molecule has 0 aromatic heterocycles. The minimum atomic E-state index is -2.26. The van der Waals surface area contributed by atoms with Gasteiger partial charge in [0.1, 0.15) is 189 Å². The highest BCUT2D eigenvalue weighted by Crippen LogP contribution is 2.40. The van der Waals surface area contributed by atoms with Gasteiger partial charge in [0.05, 0.1) is 58.8 Å². The number of carbonyl (C=O) groups is 1. The zero-order chi connectivity index (χ0) is 67.8. The smallest absolute Gasteiger partial charge is 0.304 e. The van der Waals surface area contributed by atoms with E-state index in [1.165, 1.54) is 0 Å². The first-order valence-electron chi connectivity index (χ1n) is 29.7. The van der Waals surface area contributed by atoms with Crippen molar-refractivity contribution in [3.8, 4) is 0 Å². The lowest BCUT2D eigenvalue weighted by Crippen LogP contribution is -2.69. The third-order valence-corrected chi connectivity index (χ3v) is 18.5. The van der Waals surface area contributed by atoms with Gasteiger partial charge in [-0.2, -0.15) is 11.8 Å². The van der Waals surface area contributed by atoms with Crippen LogP contribution >= 0.6 is 11.8 Å². The molecule has 40 atom stereocenters. The van der Waals surface area contributed by atoms with Crippen LogP contribution in [0.2, 0.25) is 0 Å². The van der Waals surface area contributed by atoms with Gasteiger partial charge in [0.15, 0.2) is 50.3 Å². The maximum Gasteiger partial charge on any atom is 0.304 e. The Labute approximate surface area is 529 Å². The first-order chi connectivity index (χ1) is 44.2. The van der Waals surface area contributed by atoms with Crippen LogP contribution in [-0.2, 0) is 80.6 Å². The lowest BCUT2D eigenvalue weighted by atomic mass is 9.95. The van der Waals surface area contributed by atoms with Gasteiger partial charge in [-0.15, -0.1) is 0 Å². The number of ether oxygens (including phenoxy) is 16. The van der Waals surface area contributed by atoms with Gasteiger partial charge in [0.25, 0.3) is 0 Å². The summed E-state index contributed by atoms with van der Waals surface area (Å²) >= 11 is 0.899. The van der Waals surface area contributed by atoms with E-state index < -0.39 is 304 Å². The number of hydrogen-bond acceptors (Lipinski definition) is 41. The first kappa shape index (κ1) is 75.5. The minimum absolute atomic E-state index is 0.100. The van der Waals surface area contributed by atoms with E-state index in [0.717, 1.165) is 11.8 Å². The summed E-state index contributed by atoms with van der Waals surface area (Å²) in [7, 11) is 0. The molecular weight excluding hydrogens is 1300 g/mol. The molecule has 0 radical (unpaired) electrons. The summed E-state index contributed by atoms with van der Waals surface area (Å²) in [4.78, 5) is 11.4. The van der Waals surface area contributed by atoms with Crippen molar-refractivity contribution in [2.24, 2.45) is 0 Å². The number of thioether (sulfide) groups is 1. The molecule has 41 nitrogen and oxygen atoms in total. The summed E-state index contributed by atoms with van der Waals surface area (Å²) in [5, 5.41) is 266. The standard InChI is InChI=1S/C51H84O41S/c52-3-11-36-20(61)28(69)44(77-11)86-37-12(4-53)79-46(30(71)22(37)63)88-39-14(6-55)81-48(32(73)24(39)65)90-41-16(8-57)83-50(34(75)26(41)67)92-43-18(10-93-2-1-19(59)60)84-51(35(76)27(43)68)91-42-17(9-58)82-49(33(74)25(42)66)89-40-15(7-56)80-47(31(72)23(40)64)87-38-13(5-54)78-45(85-36)29(70)21(38)62/h11-18,20-58,61-76H,1-10H2,(H,59,60)/t11-,12-,13-,14-,15-,16-,17-,18-,20-,21-,22-,23-,24-,25-,26-,27-,28+,29-,30-,31-,32-,33-,34-,35-,36-,37-,38-,39-,40-,41-,42-,43-,44-,45-,46-,47-,48-,49-,50-,51-/m1/s1. The molecule has 30 rings (SSSR count). The Morgan fingerprint density at radius 1 is 0.237 bits per heavy atom. The Kier molecular flexibility index (Phi) is 26.5. The highest BCUT2D eigenvalue weighted by Gasteiger charge is 2.60. The van der Waals surface area contributed by atoms with Crippen molar-refractivity contribution in [2.75, 3.05) is 57.8 Å². The van der Waals surface area contributed by atoms with Gasteiger partial charge in [-0.3, -0.25) is 4.79 Å². The molecule has 0 amide bonds. The quantitative estimate of drug-likeness (QED) is 0.0807. The average molecular weight is 1390 g/mol. The Morgan fingerprint density at radius 3 is 0.538 bits per heavy atom. The third-order valence-electron chi connectivity index (χ3n) is 17.5. The van der Waals surface area contributed by atoms with Crippen LogP contribution in [0.5, 0.6) is 0 Å². The molecule has 16 bridgehead atoms. The van der Waals surface area contributed by atoms with Gasteiger partial charge in [0, 0.05) is 11.5 Å². The fourth-order valence-corrected chi connectivity index (χ4v) is 13.2. The summed E-state index contributed by atoms with van der Waals surface area (Å²) in [6, 6.07) is 0.